The second-order valence-electron chi connectivity index (χ2n) is 6.88. The number of carbonyl (C=O) groups excluding carboxylic acids is 4. The Kier molecular flexibility index (Phi) is 5.79. The van der Waals surface area contributed by atoms with Gasteiger partial charge in [-0.05, 0) is 37.5 Å². The molecule has 0 unspecified atom stereocenters. The van der Waals surface area contributed by atoms with Crippen LogP contribution in [0, 0.1) is 18.8 Å². The number of halogens is 1. The van der Waals surface area contributed by atoms with Gasteiger partial charge in [0.25, 0.3) is 5.91 Å². The Morgan fingerprint density at radius 3 is 2.44 bits per heavy atom. The highest BCUT2D eigenvalue weighted by Gasteiger charge is 2.48. The SMILES string of the molecule is Cc1c(Cl)cccc1NC(=O)COC(=O)CN1C(=O)[C@H]2CCCC[C@@H]2C1=O. The fourth-order valence-electron chi connectivity index (χ4n) is 3.64. The molecule has 0 aromatic heterocycles. The van der Waals surface area contributed by atoms with Gasteiger partial charge in [-0.2, -0.15) is 0 Å². The Morgan fingerprint density at radius 2 is 1.81 bits per heavy atom. The summed E-state index contributed by atoms with van der Waals surface area (Å²) in [5.74, 6) is -2.54. The van der Waals surface area contributed by atoms with Gasteiger partial charge in [0.15, 0.2) is 6.61 Å². The molecule has 1 saturated carbocycles. The van der Waals surface area contributed by atoms with E-state index in [4.69, 9.17) is 16.3 Å². The Balaban J connectivity index is 1.51. The lowest BCUT2D eigenvalue weighted by Crippen LogP contribution is -2.37. The summed E-state index contributed by atoms with van der Waals surface area (Å²) in [6, 6.07) is 5.08. The molecule has 27 heavy (non-hydrogen) atoms. The van der Waals surface area contributed by atoms with Gasteiger partial charge in [0.1, 0.15) is 6.54 Å². The van der Waals surface area contributed by atoms with Crippen molar-refractivity contribution in [2.24, 2.45) is 11.8 Å². The summed E-state index contributed by atoms with van der Waals surface area (Å²) in [5, 5.41) is 3.12. The fraction of sp³-hybridized carbons (Fsp3) is 0.474. The molecule has 0 radical (unpaired) electrons. The summed E-state index contributed by atoms with van der Waals surface area (Å²) in [4.78, 5) is 49.6. The predicted molar refractivity (Wildman–Crippen MR) is 97.9 cm³/mol. The summed E-state index contributed by atoms with van der Waals surface area (Å²) in [6.07, 6.45) is 3.20. The number of amides is 3. The first-order valence-electron chi connectivity index (χ1n) is 8.94. The zero-order valence-corrected chi connectivity index (χ0v) is 15.8. The van der Waals surface area contributed by atoms with Crippen LogP contribution in [0.2, 0.25) is 5.02 Å². The standard InChI is InChI=1S/C19H21ClN2O5/c1-11-14(20)7-4-8-15(11)21-16(23)10-27-17(24)9-22-18(25)12-5-2-3-6-13(12)19(22)26/h4,7-8,12-13H,2-3,5-6,9-10H2,1H3,(H,21,23)/t12-,13-/m0/s1. The highest BCUT2D eigenvalue weighted by molar-refractivity contribution is 6.31. The highest BCUT2D eigenvalue weighted by atomic mass is 35.5. The van der Waals surface area contributed by atoms with Gasteiger partial charge in [0.05, 0.1) is 11.8 Å². The van der Waals surface area contributed by atoms with Crippen LogP contribution in [-0.4, -0.2) is 41.7 Å². The van der Waals surface area contributed by atoms with Crippen LogP contribution in [-0.2, 0) is 23.9 Å². The topological polar surface area (TPSA) is 92.8 Å². The van der Waals surface area contributed by atoms with Crippen molar-refractivity contribution in [1.82, 2.24) is 4.90 Å². The van der Waals surface area contributed by atoms with Crippen molar-refractivity contribution in [3.05, 3.63) is 28.8 Å². The summed E-state index contributed by atoms with van der Waals surface area (Å²) >= 11 is 5.99. The Labute approximate surface area is 162 Å². The molecule has 144 valence electrons. The number of rotatable bonds is 5. The zero-order chi connectivity index (χ0) is 19.6. The first-order chi connectivity index (χ1) is 12.9. The minimum atomic E-state index is -0.784. The average molecular weight is 393 g/mol. The van der Waals surface area contributed by atoms with Crippen LogP contribution >= 0.6 is 11.6 Å². The number of carbonyl (C=O) groups is 4. The molecule has 1 N–H and O–H groups in total. The third-order valence-electron chi connectivity index (χ3n) is 5.13. The molecule has 0 bridgehead atoms. The summed E-state index contributed by atoms with van der Waals surface area (Å²) < 4.78 is 4.93. The van der Waals surface area contributed by atoms with Gasteiger partial charge in [0.2, 0.25) is 11.8 Å². The van der Waals surface area contributed by atoms with Crippen LogP contribution in [0.5, 0.6) is 0 Å². The van der Waals surface area contributed by atoms with Gasteiger partial charge >= 0.3 is 5.97 Å². The summed E-state index contributed by atoms with van der Waals surface area (Å²) in [6.45, 7) is 0.802. The molecule has 1 aliphatic carbocycles. The molecule has 8 heteroatoms. The lowest BCUT2D eigenvalue weighted by molar-refractivity contribution is -0.154. The van der Waals surface area contributed by atoms with Crippen LogP contribution in [0.15, 0.2) is 18.2 Å². The highest BCUT2D eigenvalue weighted by Crippen LogP contribution is 2.37. The molecule has 2 aliphatic rings. The number of nitrogens with one attached hydrogen (secondary N) is 1. The first kappa shape index (κ1) is 19.4. The van der Waals surface area contributed by atoms with E-state index in [1.54, 1.807) is 25.1 Å². The van der Waals surface area contributed by atoms with E-state index in [-0.39, 0.29) is 23.7 Å². The number of nitrogens with zero attached hydrogens (tertiary/aromatic N) is 1. The number of ether oxygens (including phenoxy) is 1. The normalized spacial score (nSPS) is 21.8. The van der Waals surface area contributed by atoms with Crippen molar-refractivity contribution in [3.63, 3.8) is 0 Å². The molecule has 3 rings (SSSR count). The lowest BCUT2D eigenvalue weighted by atomic mass is 9.81. The van der Waals surface area contributed by atoms with Crippen LogP contribution in [0.4, 0.5) is 5.69 Å². The zero-order valence-electron chi connectivity index (χ0n) is 15.0. The molecule has 7 nitrogen and oxygen atoms in total. The van der Waals surface area contributed by atoms with E-state index >= 15 is 0 Å². The van der Waals surface area contributed by atoms with Crippen molar-refractivity contribution in [2.75, 3.05) is 18.5 Å². The van der Waals surface area contributed by atoms with Crippen molar-refractivity contribution in [3.8, 4) is 0 Å². The second kappa shape index (κ2) is 8.08. The number of imide groups is 1. The predicted octanol–water partition coefficient (Wildman–Crippen LogP) is 2.31. The van der Waals surface area contributed by atoms with Crippen LogP contribution < -0.4 is 5.32 Å². The number of hydrogen-bond acceptors (Lipinski definition) is 5. The fourth-order valence-corrected chi connectivity index (χ4v) is 3.81. The smallest absolute Gasteiger partial charge is 0.326 e. The van der Waals surface area contributed by atoms with Crippen LogP contribution in [0.25, 0.3) is 0 Å². The summed E-state index contributed by atoms with van der Waals surface area (Å²) in [5.41, 5.74) is 1.23. The van der Waals surface area contributed by atoms with Crippen molar-refractivity contribution in [1.29, 1.82) is 0 Å². The van der Waals surface area contributed by atoms with E-state index in [0.29, 0.717) is 29.1 Å². The van der Waals surface area contributed by atoms with Gasteiger partial charge in [-0.1, -0.05) is 30.5 Å². The average Bonchev–Trinajstić information content (AvgIpc) is 2.89. The second-order valence-corrected chi connectivity index (χ2v) is 7.29. The minimum Gasteiger partial charge on any atom is -0.454 e. The van der Waals surface area contributed by atoms with Crippen LogP contribution in [0.1, 0.15) is 31.2 Å². The Bertz CT molecular complexity index is 770. The van der Waals surface area contributed by atoms with Crippen molar-refractivity contribution < 1.29 is 23.9 Å². The number of likely N-dealkylation sites (tertiary alicyclic amines) is 1. The Hall–Kier alpha value is -2.41. The molecular weight excluding hydrogens is 372 g/mol. The number of benzene rings is 1. The molecule has 1 heterocycles. The molecule has 3 amide bonds. The lowest BCUT2D eigenvalue weighted by Gasteiger charge is -2.19. The van der Waals surface area contributed by atoms with E-state index in [0.717, 1.165) is 17.7 Å². The molecule has 1 aliphatic heterocycles. The number of esters is 1. The Morgan fingerprint density at radius 1 is 1.19 bits per heavy atom. The maximum absolute atomic E-state index is 12.3. The van der Waals surface area contributed by atoms with Gasteiger partial charge in [-0.15, -0.1) is 0 Å². The molecule has 2 atom stereocenters. The van der Waals surface area contributed by atoms with Gasteiger partial charge in [0, 0.05) is 10.7 Å². The van der Waals surface area contributed by atoms with E-state index in [2.05, 4.69) is 5.32 Å². The van der Waals surface area contributed by atoms with E-state index in [1.165, 1.54) is 0 Å². The molecule has 2 fully saturated rings. The number of hydrogen-bond donors (Lipinski definition) is 1. The number of anilines is 1. The molecule has 1 saturated heterocycles. The van der Waals surface area contributed by atoms with E-state index in [1.807, 2.05) is 0 Å². The van der Waals surface area contributed by atoms with Crippen molar-refractivity contribution >= 4 is 41.0 Å². The molecular formula is C19H21ClN2O5. The minimum absolute atomic E-state index is 0.305. The van der Waals surface area contributed by atoms with Crippen molar-refractivity contribution in [2.45, 2.75) is 32.6 Å². The maximum atomic E-state index is 12.3. The van der Waals surface area contributed by atoms with Gasteiger partial charge in [-0.25, -0.2) is 0 Å². The monoisotopic (exact) mass is 392 g/mol. The largest absolute Gasteiger partial charge is 0.454 e. The molecule has 1 aromatic carbocycles. The first-order valence-corrected chi connectivity index (χ1v) is 9.32. The maximum Gasteiger partial charge on any atom is 0.326 e. The van der Waals surface area contributed by atoms with Crippen LogP contribution in [0.3, 0.4) is 0 Å². The van der Waals surface area contributed by atoms with E-state index in [9.17, 15) is 19.2 Å². The third kappa shape index (κ3) is 4.13. The van der Waals surface area contributed by atoms with Gasteiger partial charge in [-0.3, -0.25) is 24.1 Å². The van der Waals surface area contributed by atoms with E-state index < -0.39 is 25.0 Å². The molecule has 1 aromatic rings. The third-order valence-corrected chi connectivity index (χ3v) is 5.54. The number of fused-ring (bicyclic) bond motifs is 1. The molecule has 0 spiro atoms. The summed E-state index contributed by atoms with van der Waals surface area (Å²) in [7, 11) is 0. The van der Waals surface area contributed by atoms with Gasteiger partial charge < -0.3 is 10.1 Å². The quantitative estimate of drug-likeness (QED) is 0.613.